The van der Waals surface area contributed by atoms with Crippen molar-refractivity contribution in [2.75, 3.05) is 5.32 Å². The zero-order valence-electron chi connectivity index (χ0n) is 11.5. The van der Waals surface area contributed by atoms with Crippen molar-refractivity contribution in [2.24, 2.45) is 0 Å². The van der Waals surface area contributed by atoms with E-state index >= 15 is 0 Å². The summed E-state index contributed by atoms with van der Waals surface area (Å²) in [4.78, 5) is 17.1. The van der Waals surface area contributed by atoms with Gasteiger partial charge in [0.05, 0.1) is 6.33 Å². The molecule has 0 saturated carbocycles. The van der Waals surface area contributed by atoms with Gasteiger partial charge in [0.1, 0.15) is 11.8 Å². The van der Waals surface area contributed by atoms with E-state index in [4.69, 9.17) is 0 Å². The SMILES string of the molecule is CC(C)n1cnc2c(NCc3cccnc3)ncnc21. The molecule has 0 atom stereocenters. The summed E-state index contributed by atoms with van der Waals surface area (Å²) in [6.45, 7) is 4.87. The number of anilines is 1. The molecule has 6 nitrogen and oxygen atoms in total. The van der Waals surface area contributed by atoms with Crippen LogP contribution in [0.5, 0.6) is 0 Å². The molecule has 0 unspecified atom stereocenters. The minimum Gasteiger partial charge on any atom is -0.364 e. The van der Waals surface area contributed by atoms with E-state index < -0.39 is 0 Å². The Kier molecular flexibility index (Phi) is 3.28. The number of nitrogens with one attached hydrogen (secondary N) is 1. The highest BCUT2D eigenvalue weighted by Gasteiger charge is 2.11. The summed E-state index contributed by atoms with van der Waals surface area (Å²) in [6, 6.07) is 4.26. The molecule has 0 bridgehead atoms. The number of nitrogens with zero attached hydrogens (tertiary/aromatic N) is 5. The van der Waals surface area contributed by atoms with E-state index in [-0.39, 0.29) is 0 Å². The van der Waals surface area contributed by atoms with Gasteiger partial charge in [0.2, 0.25) is 0 Å². The molecule has 3 heterocycles. The highest BCUT2D eigenvalue weighted by atomic mass is 15.2. The van der Waals surface area contributed by atoms with Crippen molar-refractivity contribution < 1.29 is 0 Å². The topological polar surface area (TPSA) is 68.5 Å². The van der Waals surface area contributed by atoms with E-state index in [1.807, 2.05) is 22.9 Å². The lowest BCUT2D eigenvalue weighted by molar-refractivity contribution is 0.612. The van der Waals surface area contributed by atoms with Crippen molar-refractivity contribution in [1.82, 2.24) is 24.5 Å². The number of aromatic nitrogens is 5. The number of hydrogen-bond acceptors (Lipinski definition) is 5. The number of imidazole rings is 1. The van der Waals surface area contributed by atoms with E-state index in [0.717, 1.165) is 22.5 Å². The Balaban J connectivity index is 1.89. The summed E-state index contributed by atoms with van der Waals surface area (Å²) in [5.41, 5.74) is 2.75. The second kappa shape index (κ2) is 5.24. The molecule has 3 rings (SSSR count). The zero-order valence-corrected chi connectivity index (χ0v) is 11.5. The molecule has 0 fully saturated rings. The minimum absolute atomic E-state index is 0.320. The third-order valence-electron chi connectivity index (χ3n) is 3.10. The molecular formula is C14H16N6. The summed E-state index contributed by atoms with van der Waals surface area (Å²) < 4.78 is 2.03. The van der Waals surface area contributed by atoms with Gasteiger partial charge in [0.15, 0.2) is 11.5 Å². The molecule has 0 aliphatic carbocycles. The molecule has 0 aliphatic rings. The lowest BCUT2D eigenvalue weighted by Crippen LogP contribution is -2.04. The molecule has 102 valence electrons. The van der Waals surface area contributed by atoms with Crippen LogP contribution in [-0.4, -0.2) is 24.5 Å². The van der Waals surface area contributed by atoms with Crippen molar-refractivity contribution in [3.8, 4) is 0 Å². The van der Waals surface area contributed by atoms with E-state index in [0.29, 0.717) is 12.6 Å². The van der Waals surface area contributed by atoms with Crippen LogP contribution in [-0.2, 0) is 6.54 Å². The molecule has 20 heavy (non-hydrogen) atoms. The van der Waals surface area contributed by atoms with Gasteiger partial charge in [0.25, 0.3) is 0 Å². The Bertz CT molecular complexity index is 704. The lowest BCUT2D eigenvalue weighted by Gasteiger charge is -2.08. The largest absolute Gasteiger partial charge is 0.364 e. The lowest BCUT2D eigenvalue weighted by atomic mass is 10.3. The van der Waals surface area contributed by atoms with Gasteiger partial charge in [-0.15, -0.1) is 0 Å². The van der Waals surface area contributed by atoms with Crippen molar-refractivity contribution in [1.29, 1.82) is 0 Å². The minimum atomic E-state index is 0.320. The smallest absolute Gasteiger partial charge is 0.165 e. The quantitative estimate of drug-likeness (QED) is 0.787. The first-order chi connectivity index (χ1) is 9.75. The van der Waals surface area contributed by atoms with Crippen LogP contribution in [0.3, 0.4) is 0 Å². The fraction of sp³-hybridized carbons (Fsp3) is 0.286. The van der Waals surface area contributed by atoms with E-state index in [1.54, 1.807) is 18.9 Å². The third kappa shape index (κ3) is 2.32. The molecule has 3 aromatic heterocycles. The second-order valence-electron chi connectivity index (χ2n) is 4.85. The first kappa shape index (κ1) is 12.5. The van der Waals surface area contributed by atoms with Crippen molar-refractivity contribution >= 4 is 17.0 Å². The van der Waals surface area contributed by atoms with Gasteiger partial charge < -0.3 is 9.88 Å². The normalized spacial score (nSPS) is 11.2. The number of fused-ring (bicyclic) bond motifs is 1. The Morgan fingerprint density at radius 2 is 2.15 bits per heavy atom. The van der Waals surface area contributed by atoms with Crippen LogP contribution in [0.15, 0.2) is 37.2 Å². The summed E-state index contributed by atoms with van der Waals surface area (Å²) in [5, 5.41) is 3.29. The molecule has 0 aliphatic heterocycles. The zero-order chi connectivity index (χ0) is 13.9. The predicted molar refractivity (Wildman–Crippen MR) is 77.3 cm³/mol. The van der Waals surface area contributed by atoms with Gasteiger partial charge in [-0.2, -0.15) is 0 Å². The van der Waals surface area contributed by atoms with Crippen LogP contribution < -0.4 is 5.32 Å². The van der Waals surface area contributed by atoms with Gasteiger partial charge in [-0.1, -0.05) is 6.07 Å². The molecule has 0 saturated heterocycles. The Morgan fingerprint density at radius 3 is 2.90 bits per heavy atom. The van der Waals surface area contributed by atoms with Gasteiger partial charge in [0, 0.05) is 25.0 Å². The summed E-state index contributed by atoms with van der Waals surface area (Å²) in [7, 11) is 0. The van der Waals surface area contributed by atoms with Crippen LogP contribution in [0.25, 0.3) is 11.2 Å². The molecule has 0 aromatic carbocycles. The van der Waals surface area contributed by atoms with Crippen LogP contribution >= 0.6 is 0 Å². The monoisotopic (exact) mass is 268 g/mol. The Morgan fingerprint density at radius 1 is 1.25 bits per heavy atom. The maximum absolute atomic E-state index is 4.41. The molecule has 1 N–H and O–H groups in total. The Labute approximate surface area is 116 Å². The van der Waals surface area contributed by atoms with E-state index in [2.05, 4.69) is 39.1 Å². The van der Waals surface area contributed by atoms with Crippen molar-refractivity contribution in [3.63, 3.8) is 0 Å². The maximum atomic E-state index is 4.41. The molecule has 3 aromatic rings. The fourth-order valence-electron chi connectivity index (χ4n) is 2.05. The molecule has 0 radical (unpaired) electrons. The standard InChI is InChI=1S/C14H16N6/c1-10(2)20-9-19-12-13(17-8-18-14(12)20)16-7-11-4-3-5-15-6-11/h3-6,8-10H,7H2,1-2H3,(H,16,17,18). The molecule has 0 spiro atoms. The van der Waals surface area contributed by atoms with Gasteiger partial charge in [-0.05, 0) is 25.5 Å². The predicted octanol–water partition coefficient (Wildman–Crippen LogP) is 2.41. The van der Waals surface area contributed by atoms with Crippen LogP contribution in [0, 0.1) is 0 Å². The van der Waals surface area contributed by atoms with Crippen molar-refractivity contribution in [2.45, 2.75) is 26.4 Å². The summed E-state index contributed by atoms with van der Waals surface area (Å²) >= 11 is 0. The first-order valence-electron chi connectivity index (χ1n) is 6.56. The van der Waals surface area contributed by atoms with E-state index in [9.17, 15) is 0 Å². The fourth-order valence-corrected chi connectivity index (χ4v) is 2.05. The van der Waals surface area contributed by atoms with Gasteiger partial charge in [-0.3, -0.25) is 4.98 Å². The number of pyridine rings is 1. The van der Waals surface area contributed by atoms with E-state index in [1.165, 1.54) is 0 Å². The highest BCUT2D eigenvalue weighted by Crippen LogP contribution is 2.20. The Hall–Kier alpha value is -2.50. The molecule has 6 heteroatoms. The average molecular weight is 268 g/mol. The summed E-state index contributed by atoms with van der Waals surface area (Å²) in [6.07, 6.45) is 6.96. The first-order valence-corrected chi connectivity index (χ1v) is 6.56. The van der Waals surface area contributed by atoms with Crippen LogP contribution in [0.1, 0.15) is 25.5 Å². The van der Waals surface area contributed by atoms with Gasteiger partial charge in [-0.25, -0.2) is 15.0 Å². The summed E-state index contributed by atoms with van der Waals surface area (Å²) in [5.74, 6) is 0.748. The van der Waals surface area contributed by atoms with Crippen LogP contribution in [0.4, 0.5) is 5.82 Å². The maximum Gasteiger partial charge on any atom is 0.165 e. The molecular weight excluding hydrogens is 252 g/mol. The third-order valence-corrected chi connectivity index (χ3v) is 3.10. The molecule has 0 amide bonds. The van der Waals surface area contributed by atoms with Crippen molar-refractivity contribution in [3.05, 3.63) is 42.7 Å². The van der Waals surface area contributed by atoms with Crippen LogP contribution in [0.2, 0.25) is 0 Å². The number of rotatable bonds is 4. The second-order valence-corrected chi connectivity index (χ2v) is 4.85. The highest BCUT2D eigenvalue weighted by molar-refractivity contribution is 5.82. The average Bonchev–Trinajstić information content (AvgIpc) is 2.91. The van der Waals surface area contributed by atoms with Gasteiger partial charge >= 0.3 is 0 Å². The number of hydrogen-bond donors (Lipinski definition) is 1.